The van der Waals surface area contributed by atoms with Gasteiger partial charge in [0.05, 0.1) is 0 Å². The normalized spacial score (nSPS) is 11.9. The van der Waals surface area contributed by atoms with Crippen LogP contribution in [0.3, 0.4) is 0 Å². The lowest BCUT2D eigenvalue weighted by Crippen LogP contribution is -2.28. The highest BCUT2D eigenvalue weighted by Crippen LogP contribution is 2.26. The van der Waals surface area contributed by atoms with Gasteiger partial charge in [0.15, 0.2) is 0 Å². The third-order valence-electron chi connectivity index (χ3n) is 3.26. The van der Waals surface area contributed by atoms with E-state index in [0.29, 0.717) is 0 Å². The van der Waals surface area contributed by atoms with Crippen molar-refractivity contribution in [2.75, 3.05) is 5.32 Å². The van der Waals surface area contributed by atoms with Crippen LogP contribution in [-0.2, 0) is 4.79 Å². The molecule has 0 aliphatic rings. The Morgan fingerprint density at radius 2 is 1.85 bits per heavy atom. The number of para-hydroxylation sites is 1. The molecule has 0 fully saturated rings. The van der Waals surface area contributed by atoms with Crippen LogP contribution in [-0.4, -0.2) is 5.91 Å². The Morgan fingerprint density at radius 3 is 2.45 bits per heavy atom. The molecule has 20 heavy (non-hydrogen) atoms. The van der Waals surface area contributed by atoms with E-state index >= 15 is 0 Å². The standard InChI is InChI=1S/C16H17BrN2O/c1-10-7-8-12(9-13(10)17)15(16(18)20)19-14-6-4-3-5-11(14)2/h3-9,15,19H,1-2H3,(H2,18,20). The fourth-order valence-corrected chi connectivity index (χ4v) is 2.39. The molecule has 0 aromatic heterocycles. The van der Waals surface area contributed by atoms with E-state index < -0.39 is 11.9 Å². The number of carbonyl (C=O) groups is 1. The predicted molar refractivity (Wildman–Crippen MR) is 85.6 cm³/mol. The van der Waals surface area contributed by atoms with Crippen molar-refractivity contribution < 1.29 is 4.79 Å². The van der Waals surface area contributed by atoms with Crippen molar-refractivity contribution in [3.63, 3.8) is 0 Å². The summed E-state index contributed by atoms with van der Waals surface area (Å²) in [5.74, 6) is -0.399. The highest BCUT2D eigenvalue weighted by molar-refractivity contribution is 9.10. The summed E-state index contributed by atoms with van der Waals surface area (Å²) in [5.41, 5.74) is 9.49. The zero-order valence-electron chi connectivity index (χ0n) is 11.5. The number of nitrogens with two attached hydrogens (primary N) is 1. The van der Waals surface area contributed by atoms with Crippen LogP contribution in [0.4, 0.5) is 5.69 Å². The van der Waals surface area contributed by atoms with Gasteiger partial charge in [0, 0.05) is 10.2 Å². The molecule has 1 unspecified atom stereocenters. The molecule has 3 nitrogen and oxygen atoms in total. The molecule has 2 rings (SSSR count). The number of carbonyl (C=O) groups excluding carboxylic acids is 1. The Balaban J connectivity index is 2.34. The van der Waals surface area contributed by atoms with E-state index in [0.717, 1.165) is 26.9 Å². The fraction of sp³-hybridized carbons (Fsp3) is 0.188. The van der Waals surface area contributed by atoms with E-state index in [9.17, 15) is 4.79 Å². The molecule has 4 heteroatoms. The minimum Gasteiger partial charge on any atom is -0.370 e. The van der Waals surface area contributed by atoms with Gasteiger partial charge in [0.1, 0.15) is 6.04 Å². The second kappa shape index (κ2) is 6.09. The van der Waals surface area contributed by atoms with Crippen LogP contribution in [0.15, 0.2) is 46.9 Å². The lowest BCUT2D eigenvalue weighted by Gasteiger charge is -2.19. The number of halogens is 1. The van der Waals surface area contributed by atoms with Crippen molar-refractivity contribution in [1.29, 1.82) is 0 Å². The average molecular weight is 333 g/mol. The SMILES string of the molecule is Cc1ccc(C(Nc2ccccc2C)C(N)=O)cc1Br. The van der Waals surface area contributed by atoms with Crippen LogP contribution in [0.2, 0.25) is 0 Å². The van der Waals surface area contributed by atoms with Crippen molar-refractivity contribution in [1.82, 2.24) is 0 Å². The number of anilines is 1. The maximum atomic E-state index is 11.8. The number of hydrogen-bond acceptors (Lipinski definition) is 2. The summed E-state index contributed by atoms with van der Waals surface area (Å²) in [6.45, 7) is 3.99. The molecule has 2 aromatic rings. The first kappa shape index (κ1) is 14.6. The molecule has 0 aliphatic carbocycles. The Morgan fingerprint density at radius 1 is 1.15 bits per heavy atom. The number of nitrogens with one attached hydrogen (secondary N) is 1. The van der Waals surface area contributed by atoms with Crippen LogP contribution >= 0.6 is 15.9 Å². The molecule has 0 heterocycles. The number of primary amides is 1. The highest BCUT2D eigenvalue weighted by Gasteiger charge is 2.18. The number of amides is 1. The molecule has 0 spiro atoms. The summed E-state index contributed by atoms with van der Waals surface area (Å²) in [5, 5.41) is 3.21. The molecule has 0 saturated carbocycles. The van der Waals surface area contributed by atoms with Crippen molar-refractivity contribution in [2.24, 2.45) is 5.73 Å². The van der Waals surface area contributed by atoms with Gasteiger partial charge >= 0.3 is 0 Å². The van der Waals surface area contributed by atoms with Gasteiger partial charge in [0.2, 0.25) is 5.91 Å². The van der Waals surface area contributed by atoms with Gasteiger partial charge in [-0.2, -0.15) is 0 Å². The molecule has 0 aliphatic heterocycles. The van der Waals surface area contributed by atoms with E-state index in [1.807, 2.05) is 56.3 Å². The summed E-state index contributed by atoms with van der Waals surface area (Å²) in [6.07, 6.45) is 0. The molecule has 0 saturated heterocycles. The third kappa shape index (κ3) is 3.20. The average Bonchev–Trinajstić information content (AvgIpc) is 2.41. The number of hydrogen-bond donors (Lipinski definition) is 2. The van der Waals surface area contributed by atoms with Crippen LogP contribution in [0.25, 0.3) is 0 Å². The zero-order chi connectivity index (χ0) is 14.7. The maximum absolute atomic E-state index is 11.8. The summed E-state index contributed by atoms with van der Waals surface area (Å²) < 4.78 is 0.966. The Hall–Kier alpha value is -1.81. The lowest BCUT2D eigenvalue weighted by atomic mass is 10.0. The molecular weight excluding hydrogens is 316 g/mol. The molecule has 0 radical (unpaired) electrons. The number of benzene rings is 2. The Kier molecular flexibility index (Phi) is 4.45. The van der Waals surface area contributed by atoms with E-state index in [-0.39, 0.29) is 0 Å². The van der Waals surface area contributed by atoms with Crippen LogP contribution in [0.1, 0.15) is 22.7 Å². The number of aryl methyl sites for hydroxylation is 2. The second-order valence-corrected chi connectivity index (χ2v) is 5.66. The molecule has 3 N–H and O–H groups in total. The first-order chi connectivity index (χ1) is 9.49. The van der Waals surface area contributed by atoms with E-state index in [4.69, 9.17) is 5.73 Å². The van der Waals surface area contributed by atoms with Crippen LogP contribution < -0.4 is 11.1 Å². The first-order valence-electron chi connectivity index (χ1n) is 6.36. The fourth-order valence-electron chi connectivity index (χ4n) is 2.00. The zero-order valence-corrected chi connectivity index (χ0v) is 13.1. The molecule has 1 atom stereocenters. The minimum atomic E-state index is -0.548. The highest BCUT2D eigenvalue weighted by atomic mass is 79.9. The predicted octanol–water partition coefficient (Wildman–Crippen LogP) is 3.70. The first-order valence-corrected chi connectivity index (χ1v) is 7.16. The smallest absolute Gasteiger partial charge is 0.244 e. The van der Waals surface area contributed by atoms with Gasteiger partial charge < -0.3 is 11.1 Å². The summed E-state index contributed by atoms with van der Waals surface area (Å²) in [4.78, 5) is 11.8. The largest absolute Gasteiger partial charge is 0.370 e. The minimum absolute atomic E-state index is 0.399. The third-order valence-corrected chi connectivity index (χ3v) is 4.11. The van der Waals surface area contributed by atoms with Gasteiger partial charge in [-0.15, -0.1) is 0 Å². The van der Waals surface area contributed by atoms with Crippen LogP contribution in [0, 0.1) is 13.8 Å². The molecule has 1 amide bonds. The molecule has 0 bridgehead atoms. The monoisotopic (exact) mass is 332 g/mol. The maximum Gasteiger partial charge on any atom is 0.244 e. The molecular formula is C16H17BrN2O. The van der Waals surface area contributed by atoms with Crippen LogP contribution in [0.5, 0.6) is 0 Å². The van der Waals surface area contributed by atoms with E-state index in [1.54, 1.807) is 0 Å². The van der Waals surface area contributed by atoms with Crippen molar-refractivity contribution >= 4 is 27.5 Å². The van der Waals surface area contributed by atoms with Crippen molar-refractivity contribution in [3.05, 3.63) is 63.6 Å². The van der Waals surface area contributed by atoms with Gasteiger partial charge in [-0.1, -0.05) is 46.3 Å². The summed E-state index contributed by atoms with van der Waals surface area (Å²) >= 11 is 3.48. The van der Waals surface area contributed by atoms with Gasteiger partial charge in [-0.25, -0.2) is 0 Å². The van der Waals surface area contributed by atoms with Gasteiger partial charge in [-0.05, 0) is 42.7 Å². The van der Waals surface area contributed by atoms with E-state index in [2.05, 4.69) is 21.2 Å². The van der Waals surface area contributed by atoms with E-state index in [1.165, 1.54) is 0 Å². The van der Waals surface area contributed by atoms with Crippen molar-refractivity contribution in [3.8, 4) is 0 Å². The van der Waals surface area contributed by atoms with Crippen molar-refractivity contribution in [2.45, 2.75) is 19.9 Å². The molecule has 2 aromatic carbocycles. The summed E-state index contributed by atoms with van der Waals surface area (Å²) in [7, 11) is 0. The van der Waals surface area contributed by atoms with Gasteiger partial charge in [-0.3, -0.25) is 4.79 Å². The summed E-state index contributed by atoms with van der Waals surface area (Å²) in [6, 6.07) is 13.1. The Bertz CT molecular complexity index is 640. The van der Waals surface area contributed by atoms with Gasteiger partial charge in [0.25, 0.3) is 0 Å². The topological polar surface area (TPSA) is 55.1 Å². The molecule has 104 valence electrons. The number of rotatable bonds is 4. The lowest BCUT2D eigenvalue weighted by molar-refractivity contribution is -0.118. The second-order valence-electron chi connectivity index (χ2n) is 4.80. The Labute approximate surface area is 127 Å². The quantitative estimate of drug-likeness (QED) is 0.896.